The van der Waals surface area contributed by atoms with Gasteiger partial charge in [-0.3, -0.25) is 0 Å². The lowest BCUT2D eigenvalue weighted by Gasteiger charge is -2.40. The lowest BCUT2D eigenvalue weighted by molar-refractivity contribution is 0.145. The molecule has 1 aliphatic heterocycles. The molecule has 1 saturated heterocycles. The molecule has 0 saturated carbocycles. The Kier molecular flexibility index (Phi) is 5.39. The van der Waals surface area contributed by atoms with E-state index in [1.54, 1.807) is 0 Å². The van der Waals surface area contributed by atoms with Crippen molar-refractivity contribution in [1.29, 1.82) is 0 Å². The Hall–Kier alpha value is -0.930. The molecule has 1 N–H and O–H groups in total. The fourth-order valence-electron chi connectivity index (χ4n) is 2.90. The molecule has 21 heavy (non-hydrogen) atoms. The highest BCUT2D eigenvalue weighted by atomic mass is 35.5. The number of hydrogen-bond donors (Lipinski definition) is 1. The minimum atomic E-state index is 0.135. The Morgan fingerprint density at radius 3 is 2.67 bits per heavy atom. The van der Waals surface area contributed by atoms with E-state index in [-0.39, 0.29) is 6.10 Å². The highest BCUT2D eigenvalue weighted by Crippen LogP contribution is 2.30. The molecule has 0 spiro atoms. The monoisotopic (exact) mass is 310 g/mol. The Morgan fingerprint density at radius 2 is 2.05 bits per heavy atom. The lowest BCUT2D eigenvalue weighted by atomic mass is 9.89. The third-order valence-corrected chi connectivity index (χ3v) is 4.55. The number of nitrogens with one attached hydrogen (secondary N) is 1. The van der Waals surface area contributed by atoms with Gasteiger partial charge in [-0.05, 0) is 58.4 Å². The van der Waals surface area contributed by atoms with E-state index in [0.717, 1.165) is 24.4 Å². The zero-order valence-corrected chi connectivity index (χ0v) is 14.4. The zero-order chi connectivity index (χ0) is 15.6. The van der Waals surface area contributed by atoms with E-state index in [9.17, 15) is 0 Å². The van der Waals surface area contributed by atoms with Gasteiger partial charge in [0.15, 0.2) is 0 Å². The molecule has 3 atom stereocenters. The minimum Gasteiger partial charge on any atom is -0.489 e. The third kappa shape index (κ3) is 4.27. The van der Waals surface area contributed by atoms with Crippen molar-refractivity contribution in [3.8, 4) is 5.75 Å². The maximum atomic E-state index is 6.31. The van der Waals surface area contributed by atoms with Crippen LogP contribution in [0.5, 0.6) is 5.75 Å². The van der Waals surface area contributed by atoms with Crippen LogP contribution in [-0.2, 0) is 0 Å². The molecule has 1 fully saturated rings. The van der Waals surface area contributed by atoms with Crippen LogP contribution in [0.2, 0.25) is 5.02 Å². The van der Waals surface area contributed by atoms with Crippen molar-refractivity contribution in [2.45, 2.75) is 52.3 Å². The summed E-state index contributed by atoms with van der Waals surface area (Å²) in [6.45, 7) is 9.72. The molecule has 4 heteroatoms. The predicted octanol–water partition coefficient (Wildman–Crippen LogP) is 4.27. The number of anilines is 1. The van der Waals surface area contributed by atoms with Gasteiger partial charge >= 0.3 is 0 Å². The number of rotatable bonds is 4. The van der Waals surface area contributed by atoms with E-state index in [2.05, 4.69) is 37.2 Å². The normalized spacial score (nSPS) is 26.9. The van der Waals surface area contributed by atoms with Gasteiger partial charge in [-0.25, -0.2) is 0 Å². The minimum absolute atomic E-state index is 0.135. The second-order valence-corrected chi connectivity index (χ2v) is 6.97. The first kappa shape index (κ1) is 16.4. The van der Waals surface area contributed by atoms with Crippen LogP contribution < -0.4 is 10.1 Å². The molecule has 118 valence electrons. The van der Waals surface area contributed by atoms with Crippen LogP contribution in [0.3, 0.4) is 0 Å². The van der Waals surface area contributed by atoms with Gasteiger partial charge in [-0.1, -0.05) is 18.5 Å². The smallest absolute Gasteiger partial charge is 0.138 e. The summed E-state index contributed by atoms with van der Waals surface area (Å²) in [6.07, 6.45) is 1.29. The van der Waals surface area contributed by atoms with Crippen molar-refractivity contribution in [3.05, 3.63) is 23.2 Å². The fraction of sp³-hybridized carbons (Fsp3) is 0.647. The quantitative estimate of drug-likeness (QED) is 0.899. The van der Waals surface area contributed by atoms with Crippen molar-refractivity contribution < 1.29 is 4.74 Å². The van der Waals surface area contributed by atoms with E-state index in [1.807, 2.05) is 26.0 Å². The van der Waals surface area contributed by atoms with Crippen molar-refractivity contribution in [2.75, 3.05) is 18.9 Å². The first-order valence-corrected chi connectivity index (χ1v) is 8.17. The third-order valence-electron chi connectivity index (χ3n) is 4.26. The van der Waals surface area contributed by atoms with Gasteiger partial charge < -0.3 is 15.0 Å². The van der Waals surface area contributed by atoms with Crippen LogP contribution in [0.15, 0.2) is 18.2 Å². The number of nitrogens with zero attached hydrogens (tertiary/aromatic N) is 1. The molecule has 0 aliphatic carbocycles. The van der Waals surface area contributed by atoms with Gasteiger partial charge in [0.1, 0.15) is 5.75 Å². The van der Waals surface area contributed by atoms with Crippen LogP contribution in [-0.4, -0.2) is 36.7 Å². The van der Waals surface area contributed by atoms with Crippen LogP contribution in [0, 0.1) is 5.92 Å². The van der Waals surface area contributed by atoms with Gasteiger partial charge in [-0.2, -0.15) is 0 Å². The van der Waals surface area contributed by atoms with Crippen LogP contribution in [0.25, 0.3) is 0 Å². The summed E-state index contributed by atoms with van der Waals surface area (Å²) in [5.74, 6) is 1.37. The molecule has 0 bridgehead atoms. The summed E-state index contributed by atoms with van der Waals surface area (Å²) in [7, 11) is 2.20. The fourth-order valence-corrected chi connectivity index (χ4v) is 3.12. The van der Waals surface area contributed by atoms with Gasteiger partial charge in [0.2, 0.25) is 0 Å². The van der Waals surface area contributed by atoms with Gasteiger partial charge in [0.25, 0.3) is 0 Å². The Bertz CT molecular complexity index is 478. The van der Waals surface area contributed by atoms with Gasteiger partial charge in [0, 0.05) is 24.3 Å². The van der Waals surface area contributed by atoms with Crippen LogP contribution in [0.1, 0.15) is 34.1 Å². The molecule has 1 aliphatic rings. The molecule has 0 amide bonds. The maximum absolute atomic E-state index is 6.31. The van der Waals surface area contributed by atoms with E-state index in [0.29, 0.717) is 23.0 Å². The summed E-state index contributed by atoms with van der Waals surface area (Å²) in [4.78, 5) is 2.43. The SMILES string of the molecule is CC(C)Oc1ccc(NC2CC(C)N(C)CC2C)cc1Cl. The van der Waals surface area contributed by atoms with E-state index >= 15 is 0 Å². The maximum Gasteiger partial charge on any atom is 0.138 e. The van der Waals surface area contributed by atoms with Crippen molar-refractivity contribution in [2.24, 2.45) is 5.92 Å². The molecule has 0 aromatic heterocycles. The number of piperidine rings is 1. The van der Waals surface area contributed by atoms with E-state index in [4.69, 9.17) is 16.3 Å². The van der Waals surface area contributed by atoms with Gasteiger partial charge in [-0.15, -0.1) is 0 Å². The van der Waals surface area contributed by atoms with Crippen LogP contribution >= 0.6 is 11.6 Å². The Balaban J connectivity index is 2.04. The molecular weight excluding hydrogens is 284 g/mol. The molecule has 0 radical (unpaired) electrons. The summed E-state index contributed by atoms with van der Waals surface area (Å²) >= 11 is 6.31. The van der Waals surface area contributed by atoms with Crippen LogP contribution in [0.4, 0.5) is 5.69 Å². The number of ether oxygens (including phenoxy) is 1. The van der Waals surface area contributed by atoms with E-state index < -0.39 is 0 Å². The highest BCUT2D eigenvalue weighted by molar-refractivity contribution is 6.32. The lowest BCUT2D eigenvalue weighted by Crippen LogP contribution is -2.48. The summed E-state index contributed by atoms with van der Waals surface area (Å²) in [5, 5.41) is 4.31. The Morgan fingerprint density at radius 1 is 1.33 bits per heavy atom. The molecular formula is C17H27ClN2O. The average Bonchev–Trinajstić information content (AvgIpc) is 2.39. The molecule has 2 rings (SSSR count). The molecule has 3 unspecified atom stereocenters. The topological polar surface area (TPSA) is 24.5 Å². The zero-order valence-electron chi connectivity index (χ0n) is 13.7. The second-order valence-electron chi connectivity index (χ2n) is 6.56. The van der Waals surface area contributed by atoms with E-state index in [1.165, 1.54) is 0 Å². The predicted molar refractivity (Wildman–Crippen MR) is 90.5 cm³/mol. The molecule has 1 aromatic carbocycles. The molecule has 1 aromatic rings. The molecule has 3 nitrogen and oxygen atoms in total. The van der Waals surface area contributed by atoms with Crippen molar-refractivity contribution in [3.63, 3.8) is 0 Å². The second kappa shape index (κ2) is 6.89. The number of halogens is 1. The van der Waals surface area contributed by atoms with Crippen molar-refractivity contribution >= 4 is 17.3 Å². The first-order chi connectivity index (χ1) is 9.86. The Labute approximate surface area is 133 Å². The first-order valence-electron chi connectivity index (χ1n) is 7.79. The number of hydrogen-bond acceptors (Lipinski definition) is 3. The standard InChI is InChI=1S/C17H27ClN2O/c1-11(2)21-17-7-6-14(9-15(17)18)19-16-8-13(4)20(5)10-12(16)3/h6-7,9,11-13,16,19H,8,10H2,1-5H3. The molecule has 1 heterocycles. The number of likely N-dealkylation sites (tertiary alicyclic amines) is 1. The largest absolute Gasteiger partial charge is 0.489 e. The van der Waals surface area contributed by atoms with Gasteiger partial charge in [0.05, 0.1) is 11.1 Å². The number of benzene rings is 1. The summed E-state index contributed by atoms with van der Waals surface area (Å²) < 4.78 is 5.68. The summed E-state index contributed by atoms with van der Waals surface area (Å²) in [6, 6.07) is 7.07. The van der Waals surface area contributed by atoms with Crippen molar-refractivity contribution in [1.82, 2.24) is 4.90 Å². The summed E-state index contributed by atoms with van der Waals surface area (Å²) in [5.41, 5.74) is 1.07. The highest BCUT2D eigenvalue weighted by Gasteiger charge is 2.28. The average molecular weight is 311 g/mol.